The van der Waals surface area contributed by atoms with Gasteiger partial charge in [0.15, 0.2) is 0 Å². The lowest BCUT2D eigenvalue weighted by Gasteiger charge is -2.36. The molecule has 4 rings (SSSR count). The van der Waals surface area contributed by atoms with Gasteiger partial charge in [0, 0.05) is 31.1 Å². The number of benzene rings is 2. The molecule has 0 spiro atoms. The number of aryl methyl sites for hydroxylation is 1. The third-order valence-electron chi connectivity index (χ3n) is 5.51. The first-order valence-electron chi connectivity index (χ1n) is 9.77. The number of fused-ring (bicyclic) bond motifs is 1. The number of thioether (sulfide) groups is 1. The van der Waals surface area contributed by atoms with Crippen LogP contribution in [-0.4, -0.2) is 48.8 Å². The Bertz CT molecular complexity index is 830. The lowest BCUT2D eigenvalue weighted by Crippen LogP contribution is -2.46. The van der Waals surface area contributed by atoms with Crippen LogP contribution in [0.4, 0.5) is 11.4 Å². The molecule has 4 nitrogen and oxygen atoms in total. The molecule has 5 heteroatoms. The average molecular weight is 382 g/mol. The molecule has 0 saturated carbocycles. The van der Waals surface area contributed by atoms with Crippen molar-refractivity contribution in [3.05, 3.63) is 53.6 Å². The van der Waals surface area contributed by atoms with Gasteiger partial charge in [-0.3, -0.25) is 4.79 Å². The highest BCUT2D eigenvalue weighted by molar-refractivity contribution is 8.01. The summed E-state index contributed by atoms with van der Waals surface area (Å²) in [5.41, 5.74) is 4.60. The zero-order valence-electron chi connectivity index (χ0n) is 16.1. The van der Waals surface area contributed by atoms with Crippen LogP contribution < -0.4 is 10.2 Å². The Hall–Kier alpha value is -1.98. The van der Waals surface area contributed by atoms with Crippen LogP contribution in [0.5, 0.6) is 0 Å². The van der Waals surface area contributed by atoms with Crippen molar-refractivity contribution in [3.63, 3.8) is 0 Å². The summed E-state index contributed by atoms with van der Waals surface area (Å²) >= 11 is 1.69. The molecule has 27 heavy (non-hydrogen) atoms. The summed E-state index contributed by atoms with van der Waals surface area (Å²) in [6.07, 6.45) is 0.809. The lowest BCUT2D eigenvalue weighted by atomic mass is 10.1. The van der Waals surface area contributed by atoms with Crippen LogP contribution in [0.25, 0.3) is 0 Å². The summed E-state index contributed by atoms with van der Waals surface area (Å²) in [5.74, 6) is 0.105. The van der Waals surface area contributed by atoms with Gasteiger partial charge in [-0.05, 0) is 43.7 Å². The van der Waals surface area contributed by atoms with Crippen LogP contribution in [-0.2, 0) is 11.2 Å². The van der Waals surface area contributed by atoms with E-state index in [4.69, 9.17) is 0 Å². The lowest BCUT2D eigenvalue weighted by molar-refractivity contribution is -0.115. The van der Waals surface area contributed by atoms with Gasteiger partial charge in [0.05, 0.1) is 16.6 Å². The van der Waals surface area contributed by atoms with E-state index in [2.05, 4.69) is 59.3 Å². The third kappa shape index (κ3) is 3.99. The van der Waals surface area contributed by atoms with Crippen molar-refractivity contribution in [2.24, 2.45) is 0 Å². The van der Waals surface area contributed by atoms with E-state index in [1.165, 1.54) is 16.0 Å². The minimum absolute atomic E-state index is 0.0493. The van der Waals surface area contributed by atoms with Gasteiger partial charge in [-0.1, -0.05) is 36.8 Å². The third-order valence-corrected chi connectivity index (χ3v) is 6.81. The number of para-hydroxylation sites is 2. The van der Waals surface area contributed by atoms with Gasteiger partial charge in [0.1, 0.15) is 0 Å². The molecule has 1 atom stereocenters. The molecule has 2 aliphatic heterocycles. The molecule has 2 aromatic rings. The fourth-order valence-electron chi connectivity index (χ4n) is 3.85. The Kier molecular flexibility index (Phi) is 5.41. The maximum atomic E-state index is 12.9. The first-order chi connectivity index (χ1) is 13.1. The first kappa shape index (κ1) is 18.4. The molecule has 0 bridgehead atoms. The van der Waals surface area contributed by atoms with E-state index in [1.54, 1.807) is 11.8 Å². The summed E-state index contributed by atoms with van der Waals surface area (Å²) in [4.78, 5) is 19.0. The number of nitrogens with one attached hydrogen (secondary N) is 1. The number of carbonyl (C=O) groups is 1. The minimum Gasteiger partial charge on any atom is -0.367 e. The van der Waals surface area contributed by atoms with Crippen molar-refractivity contribution in [1.29, 1.82) is 0 Å². The maximum absolute atomic E-state index is 12.9. The summed E-state index contributed by atoms with van der Waals surface area (Å²) in [7, 11) is 0. The van der Waals surface area contributed by atoms with E-state index in [-0.39, 0.29) is 11.2 Å². The van der Waals surface area contributed by atoms with Crippen LogP contribution in [0.2, 0.25) is 0 Å². The van der Waals surface area contributed by atoms with Crippen LogP contribution in [0, 0.1) is 6.92 Å². The summed E-state index contributed by atoms with van der Waals surface area (Å²) in [6, 6.07) is 14.7. The summed E-state index contributed by atoms with van der Waals surface area (Å²) in [5, 5.41) is 3.16. The maximum Gasteiger partial charge on any atom is 0.238 e. The fourth-order valence-corrected chi connectivity index (χ4v) is 5.15. The van der Waals surface area contributed by atoms with E-state index < -0.39 is 0 Å². The highest BCUT2D eigenvalue weighted by Gasteiger charge is 2.29. The number of piperazine rings is 1. The Morgan fingerprint density at radius 2 is 1.93 bits per heavy atom. The fraction of sp³-hybridized carbons (Fsp3) is 0.409. The normalized spacial score (nSPS) is 19.8. The van der Waals surface area contributed by atoms with Crippen molar-refractivity contribution in [2.75, 3.05) is 42.9 Å². The van der Waals surface area contributed by atoms with Gasteiger partial charge in [0.25, 0.3) is 0 Å². The number of hydrogen-bond acceptors (Lipinski definition) is 4. The van der Waals surface area contributed by atoms with E-state index in [0.29, 0.717) is 0 Å². The molecule has 2 aliphatic rings. The van der Waals surface area contributed by atoms with E-state index in [9.17, 15) is 4.79 Å². The number of rotatable bonds is 4. The highest BCUT2D eigenvalue weighted by atomic mass is 32.2. The second-order valence-electron chi connectivity index (χ2n) is 7.35. The van der Waals surface area contributed by atoms with Gasteiger partial charge >= 0.3 is 0 Å². The van der Waals surface area contributed by atoms with Crippen molar-refractivity contribution in [1.82, 2.24) is 4.90 Å². The minimum atomic E-state index is -0.0493. The predicted octanol–water partition coefficient (Wildman–Crippen LogP) is 3.79. The van der Waals surface area contributed by atoms with E-state index >= 15 is 0 Å². The molecule has 1 unspecified atom stereocenters. The molecule has 2 aromatic carbocycles. The standard InChI is InChI=1S/C22H27N3OS/c1-3-24-10-12-25(13-11-24)19-7-5-4-6-18(19)23-22(26)21-15-17-9-8-16(2)14-20(17)27-21/h4-9,14,21H,3,10-13,15H2,1-2H3,(H,23,26). The van der Waals surface area contributed by atoms with Gasteiger partial charge < -0.3 is 15.1 Å². The van der Waals surface area contributed by atoms with Crippen molar-refractivity contribution >= 4 is 29.0 Å². The molecule has 142 valence electrons. The number of carbonyl (C=O) groups excluding carboxylic acids is 1. The second-order valence-corrected chi connectivity index (χ2v) is 8.59. The topological polar surface area (TPSA) is 35.6 Å². The number of hydrogen-bond donors (Lipinski definition) is 1. The molecule has 1 amide bonds. The van der Waals surface area contributed by atoms with Gasteiger partial charge in [-0.15, -0.1) is 11.8 Å². The second kappa shape index (κ2) is 7.95. The number of amides is 1. The molecule has 0 aromatic heterocycles. The van der Waals surface area contributed by atoms with Crippen LogP contribution in [0.3, 0.4) is 0 Å². The smallest absolute Gasteiger partial charge is 0.238 e. The number of anilines is 2. The van der Waals surface area contributed by atoms with E-state index in [0.717, 1.165) is 50.5 Å². The molecular formula is C22H27N3OS. The Morgan fingerprint density at radius 3 is 2.70 bits per heavy atom. The molecule has 1 saturated heterocycles. The zero-order valence-corrected chi connectivity index (χ0v) is 16.9. The largest absolute Gasteiger partial charge is 0.367 e. The Morgan fingerprint density at radius 1 is 1.15 bits per heavy atom. The molecule has 1 fully saturated rings. The molecule has 1 N–H and O–H groups in total. The predicted molar refractivity (Wildman–Crippen MR) is 114 cm³/mol. The van der Waals surface area contributed by atoms with Crippen molar-refractivity contribution in [3.8, 4) is 0 Å². The van der Waals surface area contributed by atoms with E-state index in [1.807, 2.05) is 12.1 Å². The average Bonchev–Trinajstić information content (AvgIpc) is 3.12. The zero-order chi connectivity index (χ0) is 18.8. The Labute approximate surface area is 165 Å². The SMILES string of the molecule is CCN1CCN(c2ccccc2NC(=O)C2Cc3ccc(C)cc3S2)CC1. The van der Waals surface area contributed by atoms with Crippen molar-refractivity contribution < 1.29 is 4.79 Å². The molecule has 2 heterocycles. The van der Waals surface area contributed by atoms with Crippen LogP contribution in [0.15, 0.2) is 47.4 Å². The van der Waals surface area contributed by atoms with Gasteiger partial charge in [-0.2, -0.15) is 0 Å². The van der Waals surface area contributed by atoms with Gasteiger partial charge in [0.2, 0.25) is 5.91 Å². The number of likely N-dealkylation sites (N-methyl/N-ethyl adjacent to an activating group) is 1. The van der Waals surface area contributed by atoms with Gasteiger partial charge in [-0.25, -0.2) is 0 Å². The van der Waals surface area contributed by atoms with Crippen LogP contribution in [0.1, 0.15) is 18.1 Å². The van der Waals surface area contributed by atoms with Crippen molar-refractivity contribution in [2.45, 2.75) is 30.4 Å². The highest BCUT2D eigenvalue weighted by Crippen LogP contribution is 2.38. The van der Waals surface area contributed by atoms with Crippen LogP contribution >= 0.6 is 11.8 Å². The molecule has 0 aliphatic carbocycles. The summed E-state index contributed by atoms with van der Waals surface area (Å²) in [6.45, 7) is 9.57. The first-order valence-corrected chi connectivity index (χ1v) is 10.7. The monoisotopic (exact) mass is 381 g/mol. The molecule has 0 radical (unpaired) electrons. The Balaban J connectivity index is 1.45. The quantitative estimate of drug-likeness (QED) is 0.874. The molecular weight excluding hydrogens is 354 g/mol. The summed E-state index contributed by atoms with van der Waals surface area (Å²) < 4.78 is 0. The number of nitrogens with zero attached hydrogens (tertiary/aromatic N) is 2.